The molecule has 1 fully saturated rings. The highest BCUT2D eigenvalue weighted by Crippen LogP contribution is 2.31. The number of halogens is 3. The van der Waals surface area contributed by atoms with Crippen molar-refractivity contribution in [3.63, 3.8) is 0 Å². The first-order chi connectivity index (χ1) is 20.4. The van der Waals surface area contributed by atoms with Crippen molar-refractivity contribution in [3.05, 3.63) is 59.2 Å². The molecule has 3 N–H and O–H groups in total. The molecule has 3 atom stereocenters. The van der Waals surface area contributed by atoms with Crippen molar-refractivity contribution in [1.29, 1.82) is 0 Å². The number of amides is 3. The zero-order chi connectivity index (χ0) is 31.1. The zero-order valence-electron chi connectivity index (χ0n) is 25.1. The van der Waals surface area contributed by atoms with Gasteiger partial charge in [0.1, 0.15) is 11.9 Å². The van der Waals surface area contributed by atoms with Crippen LogP contribution in [0.3, 0.4) is 0 Å². The molecule has 1 aliphatic carbocycles. The van der Waals surface area contributed by atoms with Gasteiger partial charge in [-0.2, -0.15) is 13.2 Å². The summed E-state index contributed by atoms with van der Waals surface area (Å²) < 4.78 is 45.5. The van der Waals surface area contributed by atoms with Gasteiger partial charge < -0.3 is 25.4 Å². The van der Waals surface area contributed by atoms with Crippen molar-refractivity contribution in [2.45, 2.75) is 83.3 Å². The lowest BCUT2D eigenvalue weighted by Gasteiger charge is -2.34. The molecule has 1 aliphatic heterocycles. The number of benzene rings is 2. The number of urea groups is 1. The second-order valence-electron chi connectivity index (χ2n) is 12.0. The van der Waals surface area contributed by atoms with E-state index < -0.39 is 17.8 Å². The SMILES string of the molecule is C[C@H](CO)N1C[C@H](C)[C@H](CN(C)Cc2ccc(C(F)(F)F)cc2)Oc2ccc(NC(=O)NC3CCCCC3)cc2CC1=O. The summed E-state index contributed by atoms with van der Waals surface area (Å²) in [6.07, 6.45) is 0.608. The number of rotatable bonds is 8. The number of nitrogens with zero attached hydrogens (tertiary/aromatic N) is 2. The molecule has 2 aromatic rings. The Morgan fingerprint density at radius 1 is 1.14 bits per heavy atom. The average molecular weight is 605 g/mol. The van der Waals surface area contributed by atoms with Crippen LogP contribution >= 0.6 is 0 Å². The van der Waals surface area contributed by atoms with Gasteiger partial charge in [0.15, 0.2) is 0 Å². The molecule has 0 saturated heterocycles. The quantitative estimate of drug-likeness (QED) is 0.373. The van der Waals surface area contributed by atoms with E-state index >= 15 is 0 Å². The number of carbonyl (C=O) groups is 2. The fraction of sp³-hybridized carbons (Fsp3) is 0.562. The third-order valence-corrected chi connectivity index (χ3v) is 8.34. The highest BCUT2D eigenvalue weighted by atomic mass is 19.4. The van der Waals surface area contributed by atoms with E-state index in [4.69, 9.17) is 4.74 Å². The third-order valence-electron chi connectivity index (χ3n) is 8.34. The number of likely N-dealkylation sites (N-methyl/N-ethyl adjacent to an activating group) is 1. The normalized spacial score (nSPS) is 20.8. The minimum Gasteiger partial charge on any atom is -0.488 e. The predicted octanol–water partition coefficient (Wildman–Crippen LogP) is 5.44. The summed E-state index contributed by atoms with van der Waals surface area (Å²) in [5, 5.41) is 15.8. The van der Waals surface area contributed by atoms with Crippen molar-refractivity contribution < 1.29 is 32.6 Å². The Morgan fingerprint density at radius 3 is 2.49 bits per heavy atom. The standard InChI is InChI=1S/C32H43F3N4O4/c1-21-17-39(22(2)20-40)30(41)16-24-15-27(37-31(42)36-26-7-5-4-6-8-26)13-14-28(24)43-29(21)19-38(3)18-23-9-11-25(12-10-23)32(33,34)35/h9-15,21-22,26,29,40H,4-8,16-20H2,1-3H3,(H2,36,37,42)/t21-,22+,29-/m0/s1. The summed E-state index contributed by atoms with van der Waals surface area (Å²) in [6.45, 7) is 4.81. The van der Waals surface area contributed by atoms with Crippen molar-refractivity contribution in [3.8, 4) is 5.75 Å². The summed E-state index contributed by atoms with van der Waals surface area (Å²) in [5.41, 5.74) is 1.22. The van der Waals surface area contributed by atoms with E-state index in [2.05, 4.69) is 10.6 Å². The van der Waals surface area contributed by atoms with Crippen LogP contribution < -0.4 is 15.4 Å². The molecular formula is C32H43F3N4O4. The van der Waals surface area contributed by atoms with Crippen LogP contribution in [0.5, 0.6) is 5.75 Å². The summed E-state index contributed by atoms with van der Waals surface area (Å²) in [6, 6.07) is 9.87. The maximum absolute atomic E-state index is 13.5. The Labute approximate surface area is 251 Å². The second-order valence-corrected chi connectivity index (χ2v) is 12.0. The molecule has 3 amide bonds. The van der Waals surface area contributed by atoms with Crippen LogP contribution in [0.25, 0.3) is 0 Å². The average Bonchev–Trinajstić information content (AvgIpc) is 3.00. The Bertz CT molecular complexity index is 1230. The molecule has 1 saturated carbocycles. The first-order valence-electron chi connectivity index (χ1n) is 15.0. The molecule has 0 unspecified atom stereocenters. The summed E-state index contributed by atoms with van der Waals surface area (Å²) in [5.74, 6) is 0.253. The fourth-order valence-electron chi connectivity index (χ4n) is 5.81. The predicted molar refractivity (Wildman–Crippen MR) is 159 cm³/mol. The van der Waals surface area contributed by atoms with Gasteiger partial charge in [0.05, 0.1) is 24.6 Å². The number of anilines is 1. The lowest BCUT2D eigenvalue weighted by Crippen LogP contribution is -2.47. The molecule has 236 valence electrons. The van der Waals surface area contributed by atoms with Crippen LogP contribution in [0, 0.1) is 5.92 Å². The van der Waals surface area contributed by atoms with E-state index in [9.17, 15) is 27.9 Å². The van der Waals surface area contributed by atoms with Gasteiger partial charge in [-0.3, -0.25) is 9.69 Å². The van der Waals surface area contributed by atoms with Crippen LogP contribution in [0.1, 0.15) is 62.6 Å². The molecule has 2 aromatic carbocycles. The molecule has 11 heteroatoms. The molecule has 0 radical (unpaired) electrons. The van der Waals surface area contributed by atoms with Crippen molar-refractivity contribution >= 4 is 17.6 Å². The number of fused-ring (bicyclic) bond motifs is 1. The maximum Gasteiger partial charge on any atom is 0.416 e. The Balaban J connectivity index is 1.52. The number of aliphatic hydroxyl groups is 1. The highest BCUT2D eigenvalue weighted by Gasteiger charge is 2.32. The van der Waals surface area contributed by atoms with Gasteiger partial charge in [0.25, 0.3) is 0 Å². The zero-order valence-corrected chi connectivity index (χ0v) is 25.1. The maximum atomic E-state index is 13.5. The van der Waals surface area contributed by atoms with Gasteiger partial charge in [-0.25, -0.2) is 4.79 Å². The molecule has 8 nitrogen and oxygen atoms in total. The van der Waals surface area contributed by atoms with Gasteiger partial charge in [0.2, 0.25) is 5.91 Å². The number of carbonyl (C=O) groups excluding carboxylic acids is 2. The molecule has 1 heterocycles. The molecule has 43 heavy (non-hydrogen) atoms. The molecule has 0 aromatic heterocycles. The van der Waals surface area contributed by atoms with Crippen molar-refractivity contribution in [1.82, 2.24) is 15.1 Å². The third kappa shape index (κ3) is 9.09. The Hall–Kier alpha value is -3.31. The lowest BCUT2D eigenvalue weighted by molar-refractivity contribution is -0.137. The summed E-state index contributed by atoms with van der Waals surface area (Å²) in [7, 11) is 1.87. The Kier molecular flexibility index (Phi) is 10.9. The largest absolute Gasteiger partial charge is 0.488 e. The summed E-state index contributed by atoms with van der Waals surface area (Å²) in [4.78, 5) is 29.8. The van der Waals surface area contributed by atoms with Gasteiger partial charge in [-0.1, -0.05) is 38.3 Å². The molecular weight excluding hydrogens is 561 g/mol. The van der Waals surface area contributed by atoms with Crippen LogP contribution in [0.2, 0.25) is 0 Å². The molecule has 4 rings (SSSR count). The molecule has 0 spiro atoms. The smallest absolute Gasteiger partial charge is 0.416 e. The van der Waals surface area contributed by atoms with Gasteiger partial charge in [-0.15, -0.1) is 0 Å². The number of hydrogen-bond acceptors (Lipinski definition) is 5. The van der Waals surface area contributed by atoms with E-state index in [1.54, 1.807) is 30.0 Å². The fourth-order valence-corrected chi connectivity index (χ4v) is 5.81. The lowest BCUT2D eigenvalue weighted by atomic mass is 9.96. The molecule has 0 bridgehead atoms. The minimum absolute atomic E-state index is 0.0419. The first kappa shape index (κ1) is 32.6. The van der Waals surface area contributed by atoms with Crippen LogP contribution in [0.15, 0.2) is 42.5 Å². The number of ether oxygens (including phenoxy) is 1. The topological polar surface area (TPSA) is 94.1 Å². The highest BCUT2D eigenvalue weighted by molar-refractivity contribution is 5.90. The van der Waals surface area contributed by atoms with E-state index in [0.717, 1.165) is 43.4 Å². The van der Waals surface area contributed by atoms with E-state index in [0.29, 0.717) is 36.6 Å². The monoisotopic (exact) mass is 604 g/mol. The number of hydrogen-bond donors (Lipinski definition) is 3. The second kappa shape index (κ2) is 14.4. The van der Waals surface area contributed by atoms with Gasteiger partial charge >= 0.3 is 12.2 Å². The van der Waals surface area contributed by atoms with Crippen molar-refractivity contribution in [2.24, 2.45) is 5.92 Å². The van der Waals surface area contributed by atoms with E-state index in [1.807, 2.05) is 18.9 Å². The number of nitrogens with one attached hydrogen (secondary N) is 2. The van der Waals surface area contributed by atoms with Crippen LogP contribution in [-0.4, -0.2) is 71.8 Å². The van der Waals surface area contributed by atoms with E-state index in [-0.39, 0.29) is 43.0 Å². The molecule has 2 aliphatic rings. The van der Waals surface area contributed by atoms with Gasteiger partial charge in [0, 0.05) is 42.8 Å². The van der Waals surface area contributed by atoms with E-state index in [1.165, 1.54) is 18.6 Å². The van der Waals surface area contributed by atoms with Gasteiger partial charge in [-0.05, 0) is 62.7 Å². The minimum atomic E-state index is -4.39. The number of aliphatic hydroxyl groups excluding tert-OH is 1. The summed E-state index contributed by atoms with van der Waals surface area (Å²) >= 11 is 0. The number of alkyl halides is 3. The van der Waals surface area contributed by atoms with Crippen LogP contribution in [0.4, 0.5) is 23.7 Å². The first-order valence-corrected chi connectivity index (χ1v) is 15.0. The van der Waals surface area contributed by atoms with Crippen molar-refractivity contribution in [2.75, 3.05) is 32.1 Å². The Morgan fingerprint density at radius 2 is 1.84 bits per heavy atom. The van der Waals surface area contributed by atoms with Crippen LogP contribution in [-0.2, 0) is 23.9 Å².